The summed E-state index contributed by atoms with van der Waals surface area (Å²) in [7, 11) is 0. The van der Waals surface area contributed by atoms with E-state index in [1.165, 1.54) is 6.42 Å². The van der Waals surface area contributed by atoms with Crippen molar-refractivity contribution in [2.24, 2.45) is 5.92 Å². The molecule has 1 saturated heterocycles. The Morgan fingerprint density at radius 2 is 1.80 bits per heavy atom. The summed E-state index contributed by atoms with van der Waals surface area (Å²) in [5, 5.41) is 10.4. The molecule has 0 radical (unpaired) electrons. The summed E-state index contributed by atoms with van der Waals surface area (Å²) in [6.07, 6.45) is 5.30. The highest BCUT2D eigenvalue weighted by molar-refractivity contribution is 4.87. The topological polar surface area (TPSA) is 29.5 Å². The smallest absolute Gasteiger partial charge is 0.0697 e. The maximum atomic E-state index is 10.4. The van der Waals surface area contributed by atoms with Crippen molar-refractivity contribution in [1.82, 2.24) is 0 Å². The molecular weight excluding hydrogens is 188 g/mol. The number of hydrogen-bond acceptors (Lipinski definition) is 2. The fraction of sp³-hybridized carbons (Fsp3) is 1.00. The molecule has 0 saturated carbocycles. The van der Waals surface area contributed by atoms with E-state index in [0.29, 0.717) is 0 Å². The third-order valence-corrected chi connectivity index (χ3v) is 3.22. The minimum Gasteiger partial charge on any atom is -0.390 e. The van der Waals surface area contributed by atoms with E-state index in [1.54, 1.807) is 0 Å². The standard InChI is InChI=1S/C13H26O2/c1-10(2)6-5-7-13(14)8-11(3)15-12(4)9-13/h10-12,14H,5-9H2,1-4H3. The normalized spacial score (nSPS) is 37.2. The van der Waals surface area contributed by atoms with Gasteiger partial charge in [0.15, 0.2) is 0 Å². The van der Waals surface area contributed by atoms with Crippen LogP contribution in [0.2, 0.25) is 0 Å². The highest BCUT2D eigenvalue weighted by Crippen LogP contribution is 2.33. The zero-order chi connectivity index (χ0) is 11.5. The van der Waals surface area contributed by atoms with Crippen LogP contribution in [-0.2, 0) is 4.74 Å². The van der Waals surface area contributed by atoms with E-state index < -0.39 is 5.60 Å². The molecule has 15 heavy (non-hydrogen) atoms. The Labute approximate surface area is 94.0 Å². The monoisotopic (exact) mass is 214 g/mol. The van der Waals surface area contributed by atoms with Crippen molar-refractivity contribution < 1.29 is 9.84 Å². The Morgan fingerprint density at radius 1 is 1.27 bits per heavy atom. The van der Waals surface area contributed by atoms with Crippen molar-refractivity contribution in [3.05, 3.63) is 0 Å². The Bertz CT molecular complexity index is 179. The van der Waals surface area contributed by atoms with Gasteiger partial charge in [0.05, 0.1) is 17.8 Å². The van der Waals surface area contributed by atoms with Gasteiger partial charge in [-0.25, -0.2) is 0 Å². The van der Waals surface area contributed by atoms with Gasteiger partial charge in [-0.1, -0.05) is 26.7 Å². The van der Waals surface area contributed by atoms with E-state index in [0.717, 1.165) is 31.6 Å². The third-order valence-electron chi connectivity index (χ3n) is 3.22. The van der Waals surface area contributed by atoms with E-state index in [9.17, 15) is 5.11 Å². The number of hydrogen-bond donors (Lipinski definition) is 1. The van der Waals surface area contributed by atoms with Crippen LogP contribution in [0.3, 0.4) is 0 Å². The molecule has 0 bridgehead atoms. The van der Waals surface area contributed by atoms with Crippen LogP contribution in [0.15, 0.2) is 0 Å². The molecule has 0 aromatic rings. The molecule has 1 aliphatic rings. The molecular formula is C13H26O2. The summed E-state index contributed by atoms with van der Waals surface area (Å²) in [4.78, 5) is 0. The van der Waals surface area contributed by atoms with Crippen molar-refractivity contribution in [2.75, 3.05) is 0 Å². The van der Waals surface area contributed by atoms with Gasteiger partial charge in [0, 0.05) is 12.8 Å². The first kappa shape index (κ1) is 13.0. The predicted octanol–water partition coefficient (Wildman–Crippen LogP) is 3.13. The van der Waals surface area contributed by atoms with Crippen LogP contribution in [0.4, 0.5) is 0 Å². The summed E-state index contributed by atoms with van der Waals surface area (Å²) < 4.78 is 5.65. The number of ether oxygens (including phenoxy) is 1. The van der Waals surface area contributed by atoms with Crippen LogP contribution in [0.25, 0.3) is 0 Å². The predicted molar refractivity (Wildman–Crippen MR) is 62.9 cm³/mol. The molecule has 0 aliphatic carbocycles. The minimum absolute atomic E-state index is 0.206. The molecule has 1 N–H and O–H groups in total. The van der Waals surface area contributed by atoms with Crippen LogP contribution in [0.1, 0.15) is 59.8 Å². The highest BCUT2D eigenvalue weighted by atomic mass is 16.5. The number of rotatable bonds is 4. The molecule has 1 fully saturated rings. The van der Waals surface area contributed by atoms with Crippen LogP contribution >= 0.6 is 0 Å². The molecule has 2 unspecified atom stereocenters. The Morgan fingerprint density at radius 3 is 2.27 bits per heavy atom. The average Bonchev–Trinajstić information content (AvgIpc) is 1.98. The SMILES string of the molecule is CC(C)CCCC1(O)CC(C)OC(C)C1. The van der Waals surface area contributed by atoms with Crippen molar-refractivity contribution in [1.29, 1.82) is 0 Å². The maximum absolute atomic E-state index is 10.4. The van der Waals surface area contributed by atoms with Gasteiger partial charge in [-0.15, -0.1) is 0 Å². The van der Waals surface area contributed by atoms with Gasteiger partial charge in [-0.2, -0.15) is 0 Å². The first-order valence-electron chi connectivity index (χ1n) is 6.29. The lowest BCUT2D eigenvalue weighted by Gasteiger charge is -2.39. The molecule has 0 amide bonds. The van der Waals surface area contributed by atoms with Crippen LogP contribution in [0, 0.1) is 5.92 Å². The molecule has 1 heterocycles. The van der Waals surface area contributed by atoms with Crippen molar-refractivity contribution >= 4 is 0 Å². The summed E-state index contributed by atoms with van der Waals surface area (Å²) in [5.74, 6) is 0.739. The van der Waals surface area contributed by atoms with Gasteiger partial charge in [0.25, 0.3) is 0 Å². The lowest BCUT2D eigenvalue weighted by Crippen LogP contribution is -2.43. The lowest BCUT2D eigenvalue weighted by atomic mass is 9.83. The second-order valence-electron chi connectivity index (χ2n) is 5.68. The quantitative estimate of drug-likeness (QED) is 0.779. The molecule has 0 aromatic carbocycles. The van der Waals surface area contributed by atoms with E-state index in [-0.39, 0.29) is 12.2 Å². The Hall–Kier alpha value is -0.0800. The molecule has 0 aromatic heterocycles. The van der Waals surface area contributed by atoms with Gasteiger partial charge in [0.2, 0.25) is 0 Å². The molecule has 90 valence electrons. The van der Waals surface area contributed by atoms with Gasteiger partial charge in [-0.05, 0) is 26.2 Å². The van der Waals surface area contributed by atoms with Gasteiger partial charge in [-0.3, -0.25) is 0 Å². The van der Waals surface area contributed by atoms with E-state index >= 15 is 0 Å². The van der Waals surface area contributed by atoms with E-state index in [1.807, 2.05) is 0 Å². The van der Waals surface area contributed by atoms with Crippen molar-refractivity contribution in [3.63, 3.8) is 0 Å². The molecule has 1 rings (SSSR count). The minimum atomic E-state index is -0.466. The summed E-state index contributed by atoms with van der Waals surface area (Å²) in [6, 6.07) is 0. The maximum Gasteiger partial charge on any atom is 0.0697 e. The highest BCUT2D eigenvalue weighted by Gasteiger charge is 2.35. The lowest BCUT2D eigenvalue weighted by molar-refractivity contribution is -0.135. The van der Waals surface area contributed by atoms with Gasteiger partial charge < -0.3 is 9.84 Å². The molecule has 2 heteroatoms. The fourth-order valence-electron chi connectivity index (χ4n) is 2.69. The fourth-order valence-corrected chi connectivity index (χ4v) is 2.69. The van der Waals surface area contributed by atoms with Crippen molar-refractivity contribution in [3.8, 4) is 0 Å². The Balaban J connectivity index is 2.36. The molecule has 0 spiro atoms. The number of aliphatic hydroxyl groups is 1. The van der Waals surface area contributed by atoms with Crippen LogP contribution < -0.4 is 0 Å². The van der Waals surface area contributed by atoms with E-state index in [4.69, 9.17) is 4.74 Å². The Kier molecular flexibility index (Phi) is 4.60. The van der Waals surface area contributed by atoms with Crippen LogP contribution in [0.5, 0.6) is 0 Å². The average molecular weight is 214 g/mol. The molecule has 1 aliphatic heterocycles. The summed E-state index contributed by atoms with van der Waals surface area (Å²) in [5.41, 5.74) is -0.466. The molecule has 2 nitrogen and oxygen atoms in total. The first-order valence-corrected chi connectivity index (χ1v) is 6.29. The largest absolute Gasteiger partial charge is 0.390 e. The first-order chi connectivity index (χ1) is 6.91. The van der Waals surface area contributed by atoms with Gasteiger partial charge in [0.1, 0.15) is 0 Å². The second kappa shape index (κ2) is 5.31. The summed E-state index contributed by atoms with van der Waals surface area (Å²) in [6.45, 7) is 8.59. The summed E-state index contributed by atoms with van der Waals surface area (Å²) >= 11 is 0. The van der Waals surface area contributed by atoms with Crippen molar-refractivity contribution in [2.45, 2.75) is 77.6 Å². The van der Waals surface area contributed by atoms with E-state index in [2.05, 4.69) is 27.7 Å². The second-order valence-corrected chi connectivity index (χ2v) is 5.68. The molecule has 2 atom stereocenters. The zero-order valence-electron chi connectivity index (χ0n) is 10.6. The van der Waals surface area contributed by atoms with Gasteiger partial charge >= 0.3 is 0 Å². The zero-order valence-corrected chi connectivity index (χ0v) is 10.6. The third kappa shape index (κ3) is 4.52. The van der Waals surface area contributed by atoms with Crippen LogP contribution in [-0.4, -0.2) is 22.9 Å².